The Morgan fingerprint density at radius 2 is 1.88 bits per heavy atom. The van der Waals surface area contributed by atoms with E-state index in [0.29, 0.717) is 19.7 Å². The fourth-order valence-electron chi connectivity index (χ4n) is 1.97. The molecule has 94 valence electrons. The average molecular weight is 228 g/mol. The van der Waals surface area contributed by atoms with Crippen molar-refractivity contribution < 1.29 is 9.53 Å². The Hall–Kier alpha value is -0.610. The molecule has 1 fully saturated rings. The molecule has 1 heterocycles. The molecule has 4 heteroatoms. The summed E-state index contributed by atoms with van der Waals surface area (Å²) in [4.78, 5) is 16.0. The van der Waals surface area contributed by atoms with E-state index in [1.165, 1.54) is 0 Å². The summed E-state index contributed by atoms with van der Waals surface area (Å²) < 4.78 is 5.76. The van der Waals surface area contributed by atoms with Crippen molar-refractivity contribution in [3.63, 3.8) is 0 Å². The van der Waals surface area contributed by atoms with Crippen molar-refractivity contribution in [2.24, 2.45) is 0 Å². The smallest absolute Gasteiger partial charge is 0.237 e. The molecule has 0 radical (unpaired) electrons. The van der Waals surface area contributed by atoms with E-state index < -0.39 is 0 Å². The topological polar surface area (TPSA) is 32.8 Å². The molecule has 0 atom stereocenters. The molecule has 1 rings (SSSR count). The van der Waals surface area contributed by atoms with Gasteiger partial charge in [0.25, 0.3) is 0 Å². The molecule has 1 aliphatic heterocycles. The summed E-state index contributed by atoms with van der Waals surface area (Å²) in [5, 5.41) is 0. The van der Waals surface area contributed by atoms with E-state index in [-0.39, 0.29) is 17.0 Å². The van der Waals surface area contributed by atoms with Gasteiger partial charge in [0.2, 0.25) is 5.91 Å². The molecular weight excluding hydrogens is 204 g/mol. The lowest BCUT2D eigenvalue weighted by Gasteiger charge is -2.52. The number of nitrogens with zero attached hydrogens (tertiary/aromatic N) is 2. The normalized spacial score (nSPS) is 23.6. The van der Waals surface area contributed by atoms with Gasteiger partial charge in [-0.25, -0.2) is 0 Å². The number of amides is 1. The minimum absolute atomic E-state index is 0.173. The van der Waals surface area contributed by atoms with Crippen molar-refractivity contribution >= 4 is 5.91 Å². The van der Waals surface area contributed by atoms with Crippen molar-refractivity contribution in [2.75, 3.05) is 33.8 Å². The van der Waals surface area contributed by atoms with E-state index in [9.17, 15) is 4.79 Å². The standard InChI is InChI=1S/C12H24N2O2/c1-11(2)12(3,4)16-8-7-14(11)10(15)9-13(5)6/h7-9H2,1-6H3. The van der Waals surface area contributed by atoms with Crippen LogP contribution < -0.4 is 0 Å². The molecule has 0 saturated carbocycles. The molecule has 1 saturated heterocycles. The Bertz CT molecular complexity index is 272. The van der Waals surface area contributed by atoms with Gasteiger partial charge in [0.1, 0.15) is 0 Å². The average Bonchev–Trinajstić information content (AvgIpc) is 2.08. The van der Waals surface area contributed by atoms with Gasteiger partial charge in [-0.15, -0.1) is 0 Å². The molecule has 16 heavy (non-hydrogen) atoms. The van der Waals surface area contributed by atoms with Crippen molar-refractivity contribution in [3.8, 4) is 0 Å². The van der Waals surface area contributed by atoms with Gasteiger partial charge in [0.15, 0.2) is 0 Å². The molecule has 0 aromatic carbocycles. The highest BCUT2D eigenvalue weighted by Crippen LogP contribution is 2.34. The van der Waals surface area contributed by atoms with Crippen LogP contribution in [0.2, 0.25) is 0 Å². The number of likely N-dealkylation sites (N-methyl/N-ethyl adjacent to an activating group) is 1. The van der Waals surface area contributed by atoms with Crippen molar-refractivity contribution in [2.45, 2.75) is 38.8 Å². The van der Waals surface area contributed by atoms with Gasteiger partial charge in [-0.05, 0) is 41.8 Å². The summed E-state index contributed by atoms with van der Waals surface area (Å²) in [7, 11) is 3.83. The zero-order chi connectivity index (χ0) is 12.6. The summed E-state index contributed by atoms with van der Waals surface area (Å²) in [5.41, 5.74) is -0.564. The van der Waals surface area contributed by atoms with E-state index in [2.05, 4.69) is 13.8 Å². The van der Waals surface area contributed by atoms with Gasteiger partial charge in [-0.2, -0.15) is 0 Å². The number of carbonyl (C=O) groups is 1. The van der Waals surface area contributed by atoms with Gasteiger partial charge < -0.3 is 14.5 Å². The van der Waals surface area contributed by atoms with Crippen LogP contribution in [0.5, 0.6) is 0 Å². The van der Waals surface area contributed by atoms with Gasteiger partial charge in [-0.1, -0.05) is 0 Å². The minimum Gasteiger partial charge on any atom is -0.371 e. The fraction of sp³-hybridized carbons (Fsp3) is 0.917. The van der Waals surface area contributed by atoms with Gasteiger partial charge in [0.05, 0.1) is 24.3 Å². The molecule has 0 N–H and O–H groups in total. The second-order valence-corrected chi connectivity index (χ2v) is 5.70. The summed E-state index contributed by atoms with van der Waals surface area (Å²) in [6, 6.07) is 0. The third-order valence-corrected chi connectivity index (χ3v) is 3.68. The van der Waals surface area contributed by atoms with E-state index in [1.807, 2.05) is 37.7 Å². The maximum atomic E-state index is 12.1. The highest BCUT2D eigenvalue weighted by atomic mass is 16.5. The van der Waals surface area contributed by atoms with Crippen molar-refractivity contribution in [3.05, 3.63) is 0 Å². The van der Waals surface area contributed by atoms with Gasteiger partial charge in [-0.3, -0.25) is 4.79 Å². The lowest BCUT2D eigenvalue weighted by atomic mass is 9.82. The van der Waals surface area contributed by atoms with E-state index in [1.54, 1.807) is 0 Å². The highest BCUT2D eigenvalue weighted by Gasteiger charge is 2.47. The predicted octanol–water partition coefficient (Wildman–Crippen LogP) is 0.964. The molecule has 0 spiro atoms. The zero-order valence-corrected chi connectivity index (χ0v) is 11.3. The monoisotopic (exact) mass is 228 g/mol. The molecule has 0 aromatic heterocycles. The first-order valence-corrected chi connectivity index (χ1v) is 5.77. The quantitative estimate of drug-likeness (QED) is 0.706. The zero-order valence-electron chi connectivity index (χ0n) is 11.3. The lowest BCUT2D eigenvalue weighted by molar-refractivity contribution is -0.181. The van der Waals surface area contributed by atoms with Crippen LogP contribution in [0.25, 0.3) is 0 Å². The number of morpholine rings is 1. The minimum atomic E-state index is -0.298. The second kappa shape index (κ2) is 4.34. The summed E-state index contributed by atoms with van der Waals surface area (Å²) in [5.74, 6) is 0.173. The summed E-state index contributed by atoms with van der Waals surface area (Å²) in [6.07, 6.45) is 0. The van der Waals surface area contributed by atoms with Crippen LogP contribution in [-0.4, -0.2) is 60.6 Å². The van der Waals surface area contributed by atoms with Gasteiger partial charge >= 0.3 is 0 Å². The van der Waals surface area contributed by atoms with Crippen LogP contribution in [0.4, 0.5) is 0 Å². The Balaban J connectivity index is 2.83. The molecule has 0 aliphatic carbocycles. The van der Waals surface area contributed by atoms with Crippen LogP contribution in [0.1, 0.15) is 27.7 Å². The third-order valence-electron chi connectivity index (χ3n) is 3.68. The molecule has 0 unspecified atom stereocenters. The van der Waals surface area contributed by atoms with Crippen LogP contribution in [0.15, 0.2) is 0 Å². The maximum absolute atomic E-state index is 12.1. The van der Waals surface area contributed by atoms with E-state index in [0.717, 1.165) is 0 Å². The van der Waals surface area contributed by atoms with Crippen molar-refractivity contribution in [1.29, 1.82) is 0 Å². The predicted molar refractivity (Wildman–Crippen MR) is 64.4 cm³/mol. The van der Waals surface area contributed by atoms with Crippen LogP contribution in [-0.2, 0) is 9.53 Å². The Morgan fingerprint density at radius 1 is 1.31 bits per heavy atom. The van der Waals surface area contributed by atoms with Crippen LogP contribution >= 0.6 is 0 Å². The highest BCUT2D eigenvalue weighted by molar-refractivity contribution is 5.79. The SMILES string of the molecule is CN(C)CC(=O)N1CCOC(C)(C)C1(C)C. The first-order valence-electron chi connectivity index (χ1n) is 5.77. The molecule has 1 amide bonds. The molecule has 1 aliphatic rings. The second-order valence-electron chi connectivity index (χ2n) is 5.70. The summed E-state index contributed by atoms with van der Waals surface area (Å²) in [6.45, 7) is 9.99. The lowest BCUT2D eigenvalue weighted by Crippen LogP contribution is -2.66. The van der Waals surface area contributed by atoms with E-state index in [4.69, 9.17) is 4.74 Å². The largest absolute Gasteiger partial charge is 0.371 e. The first kappa shape index (κ1) is 13.5. The van der Waals surface area contributed by atoms with Crippen molar-refractivity contribution in [1.82, 2.24) is 9.80 Å². The number of hydrogen-bond donors (Lipinski definition) is 0. The fourth-order valence-corrected chi connectivity index (χ4v) is 1.97. The Morgan fingerprint density at radius 3 is 2.38 bits per heavy atom. The number of rotatable bonds is 2. The van der Waals surface area contributed by atoms with Crippen LogP contribution in [0.3, 0.4) is 0 Å². The maximum Gasteiger partial charge on any atom is 0.237 e. The van der Waals surface area contributed by atoms with E-state index >= 15 is 0 Å². The Kier molecular flexibility index (Phi) is 3.65. The molecular formula is C12H24N2O2. The Labute approximate surface area is 98.5 Å². The van der Waals surface area contributed by atoms with Crippen LogP contribution in [0, 0.1) is 0 Å². The molecule has 0 aromatic rings. The number of carbonyl (C=O) groups excluding carboxylic acids is 1. The summed E-state index contributed by atoms with van der Waals surface area (Å²) >= 11 is 0. The third kappa shape index (κ3) is 2.38. The van der Waals surface area contributed by atoms with Gasteiger partial charge in [0, 0.05) is 6.54 Å². The molecule has 0 bridgehead atoms. The number of hydrogen-bond acceptors (Lipinski definition) is 3. The number of ether oxygens (including phenoxy) is 1. The first-order chi connectivity index (χ1) is 7.18. The molecule has 4 nitrogen and oxygen atoms in total.